The lowest BCUT2D eigenvalue weighted by Crippen LogP contribution is -2.17. The van der Waals surface area contributed by atoms with Gasteiger partial charge in [0.1, 0.15) is 5.01 Å². The summed E-state index contributed by atoms with van der Waals surface area (Å²) < 4.78 is 38.7. The lowest BCUT2D eigenvalue weighted by atomic mass is 10.0. The predicted octanol–water partition coefficient (Wildman–Crippen LogP) is 1.88. The third kappa shape index (κ3) is 1.77. The Labute approximate surface area is 104 Å². The maximum Gasteiger partial charge on any atom is 0.453 e. The highest BCUT2D eigenvalue weighted by Gasteiger charge is 2.39. The van der Waals surface area contributed by atoms with Crippen molar-refractivity contribution in [3.63, 3.8) is 0 Å². The van der Waals surface area contributed by atoms with Gasteiger partial charge >= 0.3 is 6.18 Å². The standard InChI is InChI=1S/C9H10F3N5S/c1-4-2-3-13-5(4)6-16-17-7(9(10,11)12)14-15-8(17)18-6/h4-5,13H,2-3H2,1H3. The van der Waals surface area contributed by atoms with E-state index in [1.807, 2.05) is 0 Å². The highest BCUT2D eigenvalue weighted by molar-refractivity contribution is 7.16. The van der Waals surface area contributed by atoms with Crippen molar-refractivity contribution in [2.24, 2.45) is 5.92 Å². The molecule has 2 unspecified atom stereocenters. The van der Waals surface area contributed by atoms with E-state index in [0.29, 0.717) is 10.9 Å². The molecule has 2 aromatic rings. The molecule has 0 aromatic carbocycles. The number of alkyl halides is 3. The van der Waals surface area contributed by atoms with Gasteiger partial charge in [0.15, 0.2) is 0 Å². The fraction of sp³-hybridized carbons (Fsp3) is 0.667. The van der Waals surface area contributed by atoms with E-state index in [1.165, 1.54) is 0 Å². The summed E-state index contributed by atoms with van der Waals surface area (Å²) in [7, 11) is 0. The average Bonchev–Trinajstić information content (AvgIpc) is 2.87. The first-order chi connectivity index (χ1) is 8.47. The number of rotatable bonds is 1. The van der Waals surface area contributed by atoms with E-state index in [1.54, 1.807) is 0 Å². The molecule has 0 spiro atoms. The molecule has 1 N–H and O–H groups in total. The van der Waals surface area contributed by atoms with Gasteiger partial charge < -0.3 is 5.32 Å². The van der Waals surface area contributed by atoms with Gasteiger partial charge in [-0.15, -0.1) is 10.2 Å². The first kappa shape index (κ1) is 11.8. The van der Waals surface area contributed by atoms with Gasteiger partial charge in [-0.2, -0.15) is 22.8 Å². The SMILES string of the molecule is CC1CCNC1c1nn2c(C(F)(F)F)nnc2s1. The van der Waals surface area contributed by atoms with E-state index in [0.717, 1.165) is 28.8 Å². The van der Waals surface area contributed by atoms with Crippen LogP contribution in [0.25, 0.3) is 4.96 Å². The van der Waals surface area contributed by atoms with Crippen molar-refractivity contribution >= 4 is 16.3 Å². The molecule has 1 aliphatic rings. The molecule has 3 heterocycles. The van der Waals surface area contributed by atoms with E-state index in [9.17, 15) is 13.2 Å². The molecule has 0 aliphatic carbocycles. The second kappa shape index (κ2) is 3.89. The number of halogens is 3. The molecule has 0 saturated carbocycles. The molecule has 9 heteroatoms. The van der Waals surface area contributed by atoms with Crippen molar-refractivity contribution in [1.29, 1.82) is 0 Å². The summed E-state index contributed by atoms with van der Waals surface area (Å²) in [6, 6.07) is 0.0118. The predicted molar refractivity (Wildman–Crippen MR) is 58.2 cm³/mol. The lowest BCUT2D eigenvalue weighted by Gasteiger charge is -2.10. The van der Waals surface area contributed by atoms with Gasteiger partial charge in [-0.05, 0) is 18.9 Å². The van der Waals surface area contributed by atoms with Gasteiger partial charge in [-0.3, -0.25) is 0 Å². The molecule has 2 aromatic heterocycles. The van der Waals surface area contributed by atoms with Crippen molar-refractivity contribution < 1.29 is 13.2 Å². The molecule has 0 bridgehead atoms. The third-order valence-electron chi connectivity index (χ3n) is 3.06. The minimum absolute atomic E-state index is 0.0118. The molecule has 2 atom stereocenters. The molecule has 18 heavy (non-hydrogen) atoms. The summed E-state index contributed by atoms with van der Waals surface area (Å²) in [6.07, 6.45) is -3.53. The minimum Gasteiger partial charge on any atom is -0.308 e. The van der Waals surface area contributed by atoms with Crippen LogP contribution in [0, 0.1) is 5.92 Å². The van der Waals surface area contributed by atoms with Crippen LogP contribution in [0.1, 0.15) is 30.2 Å². The van der Waals surface area contributed by atoms with Crippen LogP contribution in [0.3, 0.4) is 0 Å². The van der Waals surface area contributed by atoms with Gasteiger partial charge in [0, 0.05) is 0 Å². The number of nitrogens with zero attached hydrogens (tertiary/aromatic N) is 4. The largest absolute Gasteiger partial charge is 0.453 e. The van der Waals surface area contributed by atoms with E-state index in [2.05, 4.69) is 27.5 Å². The zero-order valence-electron chi connectivity index (χ0n) is 9.40. The number of nitrogens with one attached hydrogen (secondary N) is 1. The summed E-state index contributed by atoms with van der Waals surface area (Å²) in [6.45, 7) is 2.91. The van der Waals surface area contributed by atoms with Gasteiger partial charge in [-0.1, -0.05) is 18.3 Å². The lowest BCUT2D eigenvalue weighted by molar-refractivity contribution is -0.146. The zero-order valence-corrected chi connectivity index (χ0v) is 10.2. The molecular formula is C9H10F3N5S. The minimum atomic E-state index is -4.53. The highest BCUT2D eigenvalue weighted by Crippen LogP contribution is 2.34. The Morgan fingerprint density at radius 2 is 2.17 bits per heavy atom. The fourth-order valence-electron chi connectivity index (χ4n) is 2.10. The number of fused-ring (bicyclic) bond motifs is 1. The molecule has 1 saturated heterocycles. The van der Waals surface area contributed by atoms with Crippen LogP contribution < -0.4 is 5.32 Å². The smallest absolute Gasteiger partial charge is 0.308 e. The molecule has 5 nitrogen and oxygen atoms in total. The number of aromatic nitrogens is 4. The second-order valence-corrected chi connectivity index (χ2v) is 5.34. The Hall–Kier alpha value is -1.22. The summed E-state index contributed by atoms with van der Waals surface area (Å²) in [4.78, 5) is 0.179. The second-order valence-electron chi connectivity index (χ2n) is 4.35. The van der Waals surface area contributed by atoms with Gasteiger partial charge in [0.25, 0.3) is 5.82 Å². The Balaban J connectivity index is 2.04. The number of hydrogen-bond donors (Lipinski definition) is 1. The quantitative estimate of drug-likeness (QED) is 0.864. The first-order valence-electron chi connectivity index (χ1n) is 5.49. The first-order valence-corrected chi connectivity index (χ1v) is 6.31. The van der Waals surface area contributed by atoms with E-state index in [4.69, 9.17) is 0 Å². The topological polar surface area (TPSA) is 55.1 Å². The number of hydrogen-bond acceptors (Lipinski definition) is 5. The van der Waals surface area contributed by atoms with Crippen LogP contribution in [0.2, 0.25) is 0 Å². The van der Waals surface area contributed by atoms with Gasteiger partial charge in [-0.25, -0.2) is 0 Å². The molecule has 98 valence electrons. The van der Waals surface area contributed by atoms with Crippen LogP contribution in [-0.2, 0) is 6.18 Å². The Bertz CT molecular complexity index is 574. The maximum atomic E-state index is 12.6. The molecule has 1 aliphatic heterocycles. The van der Waals surface area contributed by atoms with Crippen LogP contribution in [0.15, 0.2) is 0 Å². The van der Waals surface area contributed by atoms with Crippen LogP contribution in [-0.4, -0.2) is 26.4 Å². The van der Waals surface area contributed by atoms with Gasteiger partial charge in [0.2, 0.25) is 4.96 Å². The molecule has 0 amide bonds. The van der Waals surface area contributed by atoms with Crippen molar-refractivity contribution in [2.45, 2.75) is 25.6 Å². The Morgan fingerprint density at radius 1 is 1.39 bits per heavy atom. The van der Waals surface area contributed by atoms with Crippen LogP contribution in [0.4, 0.5) is 13.2 Å². The van der Waals surface area contributed by atoms with Crippen molar-refractivity contribution in [1.82, 2.24) is 25.1 Å². The molecular weight excluding hydrogens is 267 g/mol. The van der Waals surface area contributed by atoms with Crippen molar-refractivity contribution in [2.75, 3.05) is 6.54 Å². The van der Waals surface area contributed by atoms with Crippen molar-refractivity contribution in [3.05, 3.63) is 10.8 Å². The van der Waals surface area contributed by atoms with E-state index < -0.39 is 12.0 Å². The zero-order chi connectivity index (χ0) is 12.9. The summed E-state index contributed by atoms with van der Waals surface area (Å²) in [5.41, 5.74) is 0. The van der Waals surface area contributed by atoms with Crippen molar-refractivity contribution in [3.8, 4) is 0 Å². The average molecular weight is 277 g/mol. The summed E-state index contributed by atoms with van der Waals surface area (Å²) >= 11 is 1.15. The monoisotopic (exact) mass is 277 g/mol. The normalized spacial score (nSPS) is 25.1. The van der Waals surface area contributed by atoms with Crippen LogP contribution in [0.5, 0.6) is 0 Å². The Kier molecular flexibility index (Phi) is 2.56. The van der Waals surface area contributed by atoms with E-state index in [-0.39, 0.29) is 11.0 Å². The summed E-state index contributed by atoms with van der Waals surface area (Å²) in [5, 5.41) is 14.5. The van der Waals surface area contributed by atoms with E-state index >= 15 is 0 Å². The molecule has 3 rings (SSSR count). The van der Waals surface area contributed by atoms with Crippen LogP contribution >= 0.6 is 11.3 Å². The van der Waals surface area contributed by atoms with Gasteiger partial charge in [0.05, 0.1) is 6.04 Å². The fourth-order valence-corrected chi connectivity index (χ4v) is 3.15. The molecule has 1 fully saturated rings. The maximum absolute atomic E-state index is 12.6. The Morgan fingerprint density at radius 3 is 2.78 bits per heavy atom. The molecule has 0 radical (unpaired) electrons. The summed E-state index contributed by atoms with van der Waals surface area (Å²) in [5.74, 6) is -0.700. The highest BCUT2D eigenvalue weighted by atomic mass is 32.1. The third-order valence-corrected chi connectivity index (χ3v) is 4.04.